The highest BCUT2D eigenvalue weighted by Gasteiger charge is 2.35. The number of ether oxygens (including phenoxy) is 1. The number of thiazole rings is 1. The van der Waals surface area contributed by atoms with Gasteiger partial charge in [-0.1, -0.05) is 65.4 Å². The zero-order valence-corrected chi connectivity index (χ0v) is 24.5. The van der Waals surface area contributed by atoms with Gasteiger partial charge in [0.05, 0.1) is 38.4 Å². The van der Waals surface area contributed by atoms with Crippen molar-refractivity contribution in [1.29, 1.82) is 0 Å². The number of aromatic nitrogens is 1. The molecule has 1 unspecified atom stereocenters. The van der Waals surface area contributed by atoms with Gasteiger partial charge in [-0.25, -0.2) is 14.2 Å². The van der Waals surface area contributed by atoms with Gasteiger partial charge in [0.25, 0.3) is 11.2 Å². The second-order valence-electron chi connectivity index (χ2n) is 9.61. The zero-order valence-electron chi connectivity index (χ0n) is 22.9. The minimum absolute atomic E-state index is 0.0976. The van der Waals surface area contributed by atoms with Crippen LogP contribution in [-0.4, -0.2) is 22.1 Å². The Hall–Kier alpha value is -5.13. The van der Waals surface area contributed by atoms with Gasteiger partial charge < -0.3 is 9.15 Å². The Kier molecular flexibility index (Phi) is 7.81. The van der Waals surface area contributed by atoms with E-state index >= 15 is 0 Å². The summed E-state index contributed by atoms with van der Waals surface area (Å²) in [6.45, 7) is 1.78. The Balaban J connectivity index is 1.54. The zero-order chi connectivity index (χ0) is 31.0. The fourth-order valence-electron chi connectivity index (χ4n) is 4.92. The molecule has 5 aromatic rings. The Morgan fingerprint density at radius 3 is 2.59 bits per heavy atom. The number of nitro groups is 1. The standard InChI is InChI=1S/C32H21ClFN3O6S/c1-2-42-31(39)27-28(18-6-4-3-5-7-18)35-32-36(29(27)19-8-10-20(34)11-9-19)30(38)26(44-32)17-22-13-15-25(43-22)23-16-21(37(40)41)12-14-24(23)33/h3-17,29H,2H2,1H3/b26-17-. The van der Waals surface area contributed by atoms with Crippen molar-refractivity contribution in [1.82, 2.24) is 4.57 Å². The lowest BCUT2D eigenvalue weighted by atomic mass is 9.93. The molecule has 0 saturated heterocycles. The van der Waals surface area contributed by atoms with Crippen LogP contribution in [-0.2, 0) is 9.53 Å². The Labute approximate surface area is 257 Å². The molecule has 3 heterocycles. The van der Waals surface area contributed by atoms with Crippen LogP contribution < -0.4 is 14.9 Å². The smallest absolute Gasteiger partial charge is 0.338 e. The van der Waals surface area contributed by atoms with Gasteiger partial charge in [-0.3, -0.25) is 19.5 Å². The molecule has 0 radical (unpaired) electrons. The second kappa shape index (κ2) is 11.9. The molecular weight excluding hydrogens is 609 g/mol. The van der Waals surface area contributed by atoms with Crippen LogP contribution in [0.3, 0.4) is 0 Å². The number of carbonyl (C=O) groups excluding carboxylic acids is 1. The van der Waals surface area contributed by atoms with Gasteiger partial charge in [0.15, 0.2) is 4.80 Å². The van der Waals surface area contributed by atoms with Crippen LogP contribution in [0.1, 0.15) is 29.9 Å². The molecule has 1 aliphatic rings. The number of nitrogens with zero attached hydrogens (tertiary/aromatic N) is 3. The summed E-state index contributed by atoms with van der Waals surface area (Å²) in [7, 11) is 0. The van der Waals surface area contributed by atoms with E-state index in [1.54, 1.807) is 31.2 Å². The molecule has 2 aromatic heterocycles. The minimum Gasteiger partial charge on any atom is -0.463 e. The molecule has 0 aliphatic carbocycles. The van der Waals surface area contributed by atoms with Gasteiger partial charge in [0, 0.05) is 29.3 Å². The van der Waals surface area contributed by atoms with E-state index in [4.69, 9.17) is 25.7 Å². The van der Waals surface area contributed by atoms with E-state index in [1.165, 1.54) is 53.1 Å². The molecule has 44 heavy (non-hydrogen) atoms. The van der Waals surface area contributed by atoms with E-state index in [0.29, 0.717) is 32.9 Å². The summed E-state index contributed by atoms with van der Waals surface area (Å²) in [6, 6.07) is 20.9. The van der Waals surface area contributed by atoms with Crippen LogP contribution in [0, 0.1) is 15.9 Å². The first-order valence-electron chi connectivity index (χ1n) is 13.3. The number of hydrogen-bond acceptors (Lipinski definition) is 8. The monoisotopic (exact) mass is 629 g/mol. The van der Waals surface area contributed by atoms with Crippen LogP contribution in [0.5, 0.6) is 0 Å². The van der Waals surface area contributed by atoms with Crippen LogP contribution in [0.2, 0.25) is 5.02 Å². The number of non-ortho nitro benzene ring substituents is 1. The topological polar surface area (TPSA) is 117 Å². The van der Waals surface area contributed by atoms with E-state index in [-0.39, 0.29) is 33.2 Å². The highest BCUT2D eigenvalue weighted by molar-refractivity contribution is 7.07. The number of benzene rings is 3. The number of carbonyl (C=O) groups is 1. The van der Waals surface area contributed by atoms with Gasteiger partial charge in [-0.05, 0) is 42.8 Å². The van der Waals surface area contributed by atoms with Gasteiger partial charge in [0.2, 0.25) is 0 Å². The van der Waals surface area contributed by atoms with Gasteiger partial charge >= 0.3 is 5.97 Å². The predicted molar refractivity (Wildman–Crippen MR) is 163 cm³/mol. The third-order valence-electron chi connectivity index (χ3n) is 6.89. The normalized spacial score (nSPS) is 14.7. The summed E-state index contributed by atoms with van der Waals surface area (Å²) in [5.74, 6) is -0.552. The number of fused-ring (bicyclic) bond motifs is 1. The summed E-state index contributed by atoms with van der Waals surface area (Å²) in [6.07, 6.45) is 1.52. The number of halogens is 2. The molecule has 0 bridgehead atoms. The molecule has 9 nitrogen and oxygen atoms in total. The number of hydrogen-bond donors (Lipinski definition) is 0. The average molecular weight is 630 g/mol. The van der Waals surface area contributed by atoms with Crippen molar-refractivity contribution in [3.8, 4) is 11.3 Å². The number of nitro benzene ring substituents is 1. The van der Waals surface area contributed by atoms with Gasteiger partial charge in [0.1, 0.15) is 17.3 Å². The molecule has 0 saturated carbocycles. The van der Waals surface area contributed by atoms with Gasteiger partial charge in [-0.2, -0.15) is 0 Å². The molecule has 220 valence electrons. The summed E-state index contributed by atoms with van der Waals surface area (Å²) < 4.78 is 26.9. The largest absolute Gasteiger partial charge is 0.463 e. The third kappa shape index (κ3) is 5.38. The van der Waals surface area contributed by atoms with E-state index < -0.39 is 28.3 Å². The molecule has 1 atom stereocenters. The van der Waals surface area contributed by atoms with Crippen molar-refractivity contribution in [3.05, 3.63) is 148 Å². The van der Waals surface area contributed by atoms with Gasteiger partial charge in [-0.15, -0.1) is 0 Å². The van der Waals surface area contributed by atoms with E-state index in [9.17, 15) is 24.1 Å². The maximum absolute atomic E-state index is 14.0. The first kappa shape index (κ1) is 29.0. The molecule has 0 spiro atoms. The lowest BCUT2D eigenvalue weighted by molar-refractivity contribution is -0.384. The van der Waals surface area contributed by atoms with E-state index in [0.717, 1.165) is 11.3 Å². The maximum atomic E-state index is 14.0. The first-order chi connectivity index (χ1) is 21.2. The molecule has 0 fully saturated rings. The van der Waals surface area contributed by atoms with E-state index in [2.05, 4.69) is 0 Å². The molecule has 1 aliphatic heterocycles. The highest BCUT2D eigenvalue weighted by Crippen LogP contribution is 2.36. The van der Waals surface area contributed by atoms with Crippen molar-refractivity contribution in [2.24, 2.45) is 4.99 Å². The first-order valence-corrected chi connectivity index (χ1v) is 14.5. The number of esters is 1. The lowest BCUT2D eigenvalue weighted by Gasteiger charge is -2.25. The summed E-state index contributed by atoms with van der Waals surface area (Å²) in [5.41, 5.74) is 1.34. The molecular formula is C32H21ClFN3O6S. The molecule has 0 N–H and O–H groups in total. The quantitative estimate of drug-likeness (QED) is 0.126. The van der Waals surface area contributed by atoms with Crippen LogP contribution in [0.25, 0.3) is 23.1 Å². The summed E-state index contributed by atoms with van der Waals surface area (Å²) in [5, 5.41) is 11.5. The second-order valence-corrected chi connectivity index (χ2v) is 11.0. The van der Waals surface area contributed by atoms with Crippen molar-refractivity contribution < 1.29 is 23.3 Å². The molecule has 6 rings (SSSR count). The van der Waals surface area contributed by atoms with Crippen molar-refractivity contribution in [2.75, 3.05) is 6.61 Å². The highest BCUT2D eigenvalue weighted by atomic mass is 35.5. The minimum atomic E-state index is -0.959. The summed E-state index contributed by atoms with van der Waals surface area (Å²) >= 11 is 7.38. The SMILES string of the molecule is CCOC(=O)C1=C(c2ccccc2)N=c2s/c(=C\c3ccc(-c4cc([N+](=O)[O-])ccc4Cl)o3)c(=O)n2C1c1ccc(F)cc1. The Bertz CT molecular complexity index is 2130. The van der Waals surface area contributed by atoms with Crippen LogP contribution in [0.15, 0.2) is 105 Å². The fraction of sp³-hybridized carbons (Fsp3) is 0.0938. The Morgan fingerprint density at radius 2 is 1.89 bits per heavy atom. The molecule has 0 amide bonds. The van der Waals surface area contributed by atoms with Crippen molar-refractivity contribution in [3.63, 3.8) is 0 Å². The third-order valence-corrected chi connectivity index (χ3v) is 8.20. The fourth-order valence-corrected chi connectivity index (χ4v) is 6.11. The lowest BCUT2D eigenvalue weighted by Crippen LogP contribution is -2.40. The van der Waals surface area contributed by atoms with Crippen molar-refractivity contribution >= 4 is 46.4 Å². The van der Waals surface area contributed by atoms with Crippen LogP contribution in [0.4, 0.5) is 10.1 Å². The maximum Gasteiger partial charge on any atom is 0.338 e. The predicted octanol–water partition coefficient (Wildman–Crippen LogP) is 5.90. The van der Waals surface area contributed by atoms with E-state index in [1.807, 2.05) is 18.2 Å². The molecule has 3 aromatic carbocycles. The van der Waals surface area contributed by atoms with Crippen molar-refractivity contribution in [2.45, 2.75) is 13.0 Å². The van der Waals surface area contributed by atoms with Crippen LogP contribution >= 0.6 is 22.9 Å². The number of rotatable bonds is 7. The average Bonchev–Trinajstić information content (AvgIpc) is 3.61. The summed E-state index contributed by atoms with van der Waals surface area (Å²) in [4.78, 5) is 43.3. The number of furan rings is 1. The molecule has 12 heteroatoms. The Morgan fingerprint density at radius 1 is 1.14 bits per heavy atom.